The number of amides is 1. The Morgan fingerprint density at radius 1 is 1.22 bits per heavy atom. The molecule has 2 aliphatic heterocycles. The van der Waals surface area contributed by atoms with E-state index in [1.54, 1.807) is 6.20 Å². The molecule has 4 rings (SSSR count). The molecule has 27 heavy (non-hydrogen) atoms. The maximum absolute atomic E-state index is 13.2. The Morgan fingerprint density at radius 2 is 2.00 bits per heavy atom. The summed E-state index contributed by atoms with van der Waals surface area (Å²) in [6.07, 6.45) is 3.72. The summed E-state index contributed by atoms with van der Waals surface area (Å²) in [6.45, 7) is 5.52. The van der Waals surface area contributed by atoms with Crippen molar-refractivity contribution in [2.24, 2.45) is 7.05 Å². The fourth-order valence-electron chi connectivity index (χ4n) is 3.81. The van der Waals surface area contributed by atoms with Gasteiger partial charge in [-0.1, -0.05) is 12.1 Å². The predicted octanol–water partition coefficient (Wildman–Crippen LogP) is 1.76. The summed E-state index contributed by atoms with van der Waals surface area (Å²) in [5, 5.41) is 3.39. The average Bonchev–Trinajstić information content (AvgIpc) is 3.14. The van der Waals surface area contributed by atoms with E-state index in [4.69, 9.17) is 0 Å². The van der Waals surface area contributed by atoms with E-state index in [0.29, 0.717) is 6.54 Å². The van der Waals surface area contributed by atoms with Crippen LogP contribution in [0.1, 0.15) is 27.8 Å². The van der Waals surface area contributed by atoms with Gasteiger partial charge in [0.15, 0.2) is 0 Å². The molecule has 2 fully saturated rings. The molecule has 1 N–H and O–H groups in total. The molecule has 7 heteroatoms. The van der Waals surface area contributed by atoms with E-state index in [2.05, 4.69) is 27.3 Å². The van der Waals surface area contributed by atoms with Crippen LogP contribution in [0.3, 0.4) is 0 Å². The van der Waals surface area contributed by atoms with Gasteiger partial charge < -0.3 is 14.8 Å². The van der Waals surface area contributed by atoms with Gasteiger partial charge in [0.1, 0.15) is 11.9 Å². The van der Waals surface area contributed by atoms with E-state index in [1.807, 2.05) is 46.6 Å². The second kappa shape index (κ2) is 8.46. The van der Waals surface area contributed by atoms with Gasteiger partial charge in [0.2, 0.25) is 0 Å². The third kappa shape index (κ3) is 4.20. The lowest BCUT2D eigenvalue weighted by molar-refractivity contribution is 0.0621. The number of imidazole rings is 1. The molecule has 3 heterocycles. The van der Waals surface area contributed by atoms with E-state index >= 15 is 0 Å². The molecular formula is C20H27N5OS. The molecule has 2 aromatic rings. The Hall–Kier alpha value is -1.83. The second-order valence-corrected chi connectivity index (χ2v) is 8.43. The zero-order chi connectivity index (χ0) is 18.6. The number of carbonyl (C=O) groups excluding carboxylic acids is 1. The highest BCUT2D eigenvalue weighted by atomic mass is 32.2. The SMILES string of the molecule is Cn1ccnc1C1CNCCN1C(=O)c1ccc(CN2CCSCC2)cc1. The highest BCUT2D eigenvalue weighted by Crippen LogP contribution is 2.23. The minimum Gasteiger partial charge on any atom is -0.336 e. The first-order valence-corrected chi connectivity index (χ1v) is 10.8. The number of carbonyl (C=O) groups is 1. The average molecular weight is 386 g/mol. The maximum atomic E-state index is 13.2. The number of aromatic nitrogens is 2. The maximum Gasteiger partial charge on any atom is 0.254 e. The van der Waals surface area contributed by atoms with Crippen LogP contribution in [-0.4, -0.2) is 69.5 Å². The molecule has 6 nitrogen and oxygen atoms in total. The van der Waals surface area contributed by atoms with E-state index in [0.717, 1.165) is 44.1 Å². The molecule has 1 unspecified atom stereocenters. The third-order valence-electron chi connectivity index (χ3n) is 5.37. The largest absolute Gasteiger partial charge is 0.336 e. The number of hydrogen-bond acceptors (Lipinski definition) is 5. The molecule has 1 aromatic heterocycles. The van der Waals surface area contributed by atoms with Crippen LogP contribution < -0.4 is 5.32 Å². The molecule has 0 bridgehead atoms. The zero-order valence-electron chi connectivity index (χ0n) is 15.8. The molecule has 0 aliphatic carbocycles. The summed E-state index contributed by atoms with van der Waals surface area (Å²) in [6, 6.07) is 8.14. The Kier molecular flexibility index (Phi) is 5.80. The van der Waals surface area contributed by atoms with Gasteiger partial charge in [-0.15, -0.1) is 0 Å². The van der Waals surface area contributed by atoms with Crippen LogP contribution in [0.4, 0.5) is 0 Å². The highest BCUT2D eigenvalue weighted by molar-refractivity contribution is 7.99. The Labute approximate surface area is 164 Å². The van der Waals surface area contributed by atoms with Crippen LogP contribution in [0, 0.1) is 0 Å². The van der Waals surface area contributed by atoms with Gasteiger partial charge in [-0.25, -0.2) is 4.98 Å². The van der Waals surface area contributed by atoms with E-state index in [9.17, 15) is 4.79 Å². The number of hydrogen-bond donors (Lipinski definition) is 1. The van der Waals surface area contributed by atoms with Crippen molar-refractivity contribution in [3.63, 3.8) is 0 Å². The summed E-state index contributed by atoms with van der Waals surface area (Å²) in [5.74, 6) is 3.45. The first-order chi connectivity index (χ1) is 13.2. The van der Waals surface area contributed by atoms with Crippen LogP contribution in [-0.2, 0) is 13.6 Å². The highest BCUT2D eigenvalue weighted by Gasteiger charge is 2.31. The van der Waals surface area contributed by atoms with Crippen molar-refractivity contribution in [1.29, 1.82) is 0 Å². The summed E-state index contributed by atoms with van der Waals surface area (Å²) in [5.41, 5.74) is 2.04. The van der Waals surface area contributed by atoms with Crippen molar-refractivity contribution in [1.82, 2.24) is 24.7 Å². The number of nitrogens with one attached hydrogen (secondary N) is 1. The standard InChI is InChI=1S/C20H27N5OS/c1-23-8-7-22-19(23)18-14-21-6-9-25(18)20(26)17-4-2-16(3-5-17)15-24-10-12-27-13-11-24/h2-5,7-8,18,21H,6,9-15H2,1H3. The van der Waals surface area contributed by atoms with E-state index in [-0.39, 0.29) is 11.9 Å². The third-order valence-corrected chi connectivity index (χ3v) is 6.31. The molecule has 144 valence electrons. The zero-order valence-corrected chi connectivity index (χ0v) is 16.6. The molecule has 2 aliphatic rings. The number of benzene rings is 1. The van der Waals surface area contributed by atoms with Crippen molar-refractivity contribution >= 4 is 17.7 Å². The number of rotatable bonds is 4. The van der Waals surface area contributed by atoms with Crippen LogP contribution >= 0.6 is 11.8 Å². The monoisotopic (exact) mass is 385 g/mol. The van der Waals surface area contributed by atoms with Crippen molar-refractivity contribution in [3.05, 3.63) is 53.6 Å². The molecular weight excluding hydrogens is 358 g/mol. The van der Waals surface area contributed by atoms with E-state index in [1.165, 1.54) is 17.1 Å². The predicted molar refractivity (Wildman–Crippen MR) is 109 cm³/mol. The minimum absolute atomic E-state index is 0.0308. The number of aryl methyl sites for hydroxylation is 1. The van der Waals surface area contributed by atoms with Gasteiger partial charge in [-0.3, -0.25) is 9.69 Å². The number of piperazine rings is 1. The van der Waals surface area contributed by atoms with Crippen molar-refractivity contribution < 1.29 is 4.79 Å². The lowest BCUT2D eigenvalue weighted by Crippen LogP contribution is -2.49. The van der Waals surface area contributed by atoms with Crippen LogP contribution in [0.2, 0.25) is 0 Å². The van der Waals surface area contributed by atoms with Crippen molar-refractivity contribution in [2.75, 3.05) is 44.2 Å². The van der Waals surface area contributed by atoms with Gasteiger partial charge in [-0.05, 0) is 17.7 Å². The summed E-state index contributed by atoms with van der Waals surface area (Å²) in [7, 11) is 1.98. The molecule has 0 spiro atoms. The van der Waals surface area contributed by atoms with E-state index < -0.39 is 0 Å². The number of thioether (sulfide) groups is 1. The molecule has 2 saturated heterocycles. The van der Waals surface area contributed by atoms with Crippen LogP contribution in [0.25, 0.3) is 0 Å². The molecule has 0 radical (unpaired) electrons. The van der Waals surface area contributed by atoms with Gasteiger partial charge in [0.25, 0.3) is 5.91 Å². The minimum atomic E-state index is -0.0308. The smallest absolute Gasteiger partial charge is 0.254 e. The van der Waals surface area contributed by atoms with Gasteiger partial charge >= 0.3 is 0 Å². The quantitative estimate of drug-likeness (QED) is 0.869. The first-order valence-electron chi connectivity index (χ1n) is 9.60. The van der Waals surface area contributed by atoms with Gasteiger partial charge in [-0.2, -0.15) is 11.8 Å². The molecule has 0 saturated carbocycles. The van der Waals surface area contributed by atoms with Crippen LogP contribution in [0.5, 0.6) is 0 Å². The summed E-state index contributed by atoms with van der Waals surface area (Å²) >= 11 is 2.03. The second-order valence-electron chi connectivity index (χ2n) is 7.20. The lowest BCUT2D eigenvalue weighted by Gasteiger charge is -2.35. The first kappa shape index (κ1) is 18.5. The summed E-state index contributed by atoms with van der Waals surface area (Å²) in [4.78, 5) is 22.1. The molecule has 1 aromatic carbocycles. The topological polar surface area (TPSA) is 53.4 Å². The lowest BCUT2D eigenvalue weighted by atomic mass is 10.1. The Balaban J connectivity index is 1.46. The van der Waals surface area contributed by atoms with Gasteiger partial charge in [0.05, 0.1) is 0 Å². The van der Waals surface area contributed by atoms with Crippen molar-refractivity contribution in [2.45, 2.75) is 12.6 Å². The van der Waals surface area contributed by atoms with Crippen LogP contribution in [0.15, 0.2) is 36.7 Å². The fourth-order valence-corrected chi connectivity index (χ4v) is 4.79. The molecule has 1 atom stereocenters. The van der Waals surface area contributed by atoms with Crippen molar-refractivity contribution in [3.8, 4) is 0 Å². The fraction of sp³-hybridized carbons (Fsp3) is 0.500. The Morgan fingerprint density at radius 3 is 2.70 bits per heavy atom. The summed E-state index contributed by atoms with van der Waals surface area (Å²) < 4.78 is 2.00. The Bertz CT molecular complexity index is 769. The normalized spacial score (nSPS) is 21.4. The molecule has 1 amide bonds. The van der Waals surface area contributed by atoms with Gasteiger partial charge in [0, 0.05) is 75.8 Å². The number of nitrogens with zero attached hydrogens (tertiary/aromatic N) is 4.